The Morgan fingerprint density at radius 3 is 2.69 bits per heavy atom. The Balaban J connectivity index is 2.70. The highest BCUT2D eigenvalue weighted by Gasteiger charge is 2.27. The minimum absolute atomic E-state index is 0.00681. The molecule has 0 saturated carbocycles. The first-order chi connectivity index (χ1) is 7.47. The Labute approximate surface area is 98.8 Å². The van der Waals surface area contributed by atoms with Gasteiger partial charge in [-0.25, -0.2) is 8.42 Å². The molecule has 1 saturated heterocycles. The van der Waals surface area contributed by atoms with E-state index in [0.29, 0.717) is 12.6 Å². The van der Waals surface area contributed by atoms with Crippen LogP contribution in [0.4, 0.5) is 0 Å². The molecule has 1 rings (SSSR count). The van der Waals surface area contributed by atoms with E-state index in [4.69, 9.17) is 0 Å². The zero-order valence-electron chi connectivity index (χ0n) is 10.1. The van der Waals surface area contributed by atoms with Crippen LogP contribution in [0.5, 0.6) is 0 Å². The second kappa shape index (κ2) is 5.80. The topological polar surface area (TPSA) is 49.4 Å². The molecule has 94 valence electrons. The molecule has 0 aliphatic carbocycles. The van der Waals surface area contributed by atoms with Crippen LogP contribution in [-0.4, -0.2) is 43.6 Å². The van der Waals surface area contributed by atoms with Crippen molar-refractivity contribution in [3.63, 3.8) is 0 Å². The Morgan fingerprint density at radius 2 is 2.25 bits per heavy atom. The van der Waals surface area contributed by atoms with Crippen molar-refractivity contribution >= 4 is 10.0 Å². The van der Waals surface area contributed by atoms with E-state index in [1.165, 1.54) is 6.08 Å². The highest BCUT2D eigenvalue weighted by molar-refractivity contribution is 7.89. The summed E-state index contributed by atoms with van der Waals surface area (Å²) in [5, 5.41) is 3.32. The van der Waals surface area contributed by atoms with Crippen LogP contribution in [0.1, 0.15) is 26.7 Å². The molecule has 1 fully saturated rings. The van der Waals surface area contributed by atoms with Crippen molar-refractivity contribution in [2.45, 2.75) is 38.8 Å². The number of nitrogens with zero attached hydrogens (tertiary/aromatic N) is 1. The lowest BCUT2D eigenvalue weighted by Crippen LogP contribution is -2.45. The Kier molecular flexibility index (Phi) is 4.95. The van der Waals surface area contributed by atoms with Crippen molar-refractivity contribution in [1.82, 2.24) is 9.62 Å². The predicted molar refractivity (Wildman–Crippen MR) is 66.9 cm³/mol. The van der Waals surface area contributed by atoms with Crippen molar-refractivity contribution in [3.8, 4) is 0 Å². The summed E-state index contributed by atoms with van der Waals surface area (Å²) in [5.41, 5.74) is 0. The van der Waals surface area contributed by atoms with Gasteiger partial charge in [-0.05, 0) is 33.2 Å². The van der Waals surface area contributed by atoms with Gasteiger partial charge in [-0.1, -0.05) is 6.08 Å². The first kappa shape index (κ1) is 13.7. The molecule has 4 nitrogen and oxygen atoms in total. The van der Waals surface area contributed by atoms with Crippen molar-refractivity contribution in [2.24, 2.45) is 0 Å². The summed E-state index contributed by atoms with van der Waals surface area (Å²) in [5.74, 6) is 0.0257. The summed E-state index contributed by atoms with van der Waals surface area (Å²) in [6.45, 7) is 8.90. The van der Waals surface area contributed by atoms with E-state index in [-0.39, 0.29) is 11.8 Å². The molecule has 1 heterocycles. The van der Waals surface area contributed by atoms with Crippen molar-refractivity contribution in [3.05, 3.63) is 12.7 Å². The molecule has 0 bridgehead atoms. The predicted octanol–water partition coefficient (Wildman–Crippen LogP) is 0.965. The van der Waals surface area contributed by atoms with Gasteiger partial charge in [0, 0.05) is 18.6 Å². The Morgan fingerprint density at radius 1 is 1.56 bits per heavy atom. The average molecular weight is 246 g/mol. The standard InChI is InChI=1S/C11H22N2O2S/c1-4-8-16(14,15)13(10(2)3)9-11-6-5-7-12-11/h4,10-12H,1,5-9H2,2-3H3. The molecule has 16 heavy (non-hydrogen) atoms. The summed E-state index contributed by atoms with van der Waals surface area (Å²) >= 11 is 0. The van der Waals surface area contributed by atoms with E-state index in [2.05, 4.69) is 11.9 Å². The summed E-state index contributed by atoms with van der Waals surface area (Å²) in [7, 11) is -3.18. The van der Waals surface area contributed by atoms with Crippen LogP contribution in [0.3, 0.4) is 0 Å². The summed E-state index contributed by atoms with van der Waals surface area (Å²) in [6, 6.07) is 0.314. The molecule has 1 aliphatic rings. The maximum absolute atomic E-state index is 12.0. The SMILES string of the molecule is C=CCS(=O)(=O)N(CC1CCCN1)C(C)C. The van der Waals surface area contributed by atoms with Crippen molar-refractivity contribution in [2.75, 3.05) is 18.8 Å². The maximum Gasteiger partial charge on any atom is 0.217 e. The number of hydrogen-bond acceptors (Lipinski definition) is 3. The lowest BCUT2D eigenvalue weighted by molar-refractivity contribution is 0.323. The molecule has 0 aromatic rings. The molecule has 1 aliphatic heterocycles. The number of rotatable bonds is 6. The van der Waals surface area contributed by atoms with Crippen molar-refractivity contribution in [1.29, 1.82) is 0 Å². The summed E-state index contributed by atoms with van der Waals surface area (Å²) in [4.78, 5) is 0. The average Bonchev–Trinajstić information content (AvgIpc) is 2.65. The van der Waals surface area contributed by atoms with Crippen LogP contribution in [-0.2, 0) is 10.0 Å². The molecule has 0 spiro atoms. The molecule has 1 atom stereocenters. The zero-order chi connectivity index (χ0) is 12.2. The first-order valence-corrected chi connectivity index (χ1v) is 7.42. The second-order valence-electron chi connectivity index (χ2n) is 4.52. The minimum atomic E-state index is -3.18. The van der Waals surface area contributed by atoms with Gasteiger partial charge in [0.2, 0.25) is 10.0 Å². The lowest BCUT2D eigenvalue weighted by atomic mass is 10.2. The summed E-state index contributed by atoms with van der Waals surface area (Å²) in [6.07, 6.45) is 3.65. The van der Waals surface area contributed by atoms with E-state index in [1.54, 1.807) is 4.31 Å². The fraction of sp³-hybridized carbons (Fsp3) is 0.818. The zero-order valence-corrected chi connectivity index (χ0v) is 11.0. The quantitative estimate of drug-likeness (QED) is 0.710. The fourth-order valence-electron chi connectivity index (χ4n) is 2.02. The van der Waals surface area contributed by atoms with Gasteiger partial charge in [-0.3, -0.25) is 0 Å². The molecule has 1 N–H and O–H groups in total. The third kappa shape index (κ3) is 3.57. The van der Waals surface area contributed by atoms with Crippen LogP contribution in [0.25, 0.3) is 0 Å². The van der Waals surface area contributed by atoms with Crippen LogP contribution in [0, 0.1) is 0 Å². The van der Waals surface area contributed by atoms with E-state index in [0.717, 1.165) is 19.4 Å². The van der Waals surface area contributed by atoms with Crippen LogP contribution < -0.4 is 5.32 Å². The first-order valence-electron chi connectivity index (χ1n) is 5.81. The van der Waals surface area contributed by atoms with E-state index >= 15 is 0 Å². The largest absolute Gasteiger partial charge is 0.313 e. The van der Waals surface area contributed by atoms with E-state index < -0.39 is 10.0 Å². The highest BCUT2D eigenvalue weighted by Crippen LogP contribution is 2.13. The maximum atomic E-state index is 12.0. The van der Waals surface area contributed by atoms with Gasteiger partial charge in [0.15, 0.2) is 0 Å². The van der Waals surface area contributed by atoms with Gasteiger partial charge in [0.05, 0.1) is 5.75 Å². The molecule has 0 aromatic carbocycles. The molecular formula is C11H22N2O2S. The smallest absolute Gasteiger partial charge is 0.217 e. The lowest BCUT2D eigenvalue weighted by Gasteiger charge is -2.28. The van der Waals surface area contributed by atoms with E-state index in [9.17, 15) is 8.42 Å². The van der Waals surface area contributed by atoms with Crippen LogP contribution in [0.2, 0.25) is 0 Å². The molecule has 0 aromatic heterocycles. The number of sulfonamides is 1. The molecule has 1 unspecified atom stereocenters. The van der Waals surface area contributed by atoms with Gasteiger partial charge < -0.3 is 5.32 Å². The second-order valence-corrected chi connectivity index (χ2v) is 6.49. The monoisotopic (exact) mass is 246 g/mol. The number of nitrogens with one attached hydrogen (secondary N) is 1. The van der Waals surface area contributed by atoms with Gasteiger partial charge >= 0.3 is 0 Å². The van der Waals surface area contributed by atoms with Crippen LogP contribution in [0.15, 0.2) is 12.7 Å². The van der Waals surface area contributed by atoms with Gasteiger partial charge in [-0.15, -0.1) is 6.58 Å². The third-order valence-electron chi connectivity index (χ3n) is 2.82. The van der Waals surface area contributed by atoms with Crippen LogP contribution >= 0.6 is 0 Å². The molecule has 5 heteroatoms. The third-order valence-corrected chi connectivity index (χ3v) is 4.77. The fourth-order valence-corrected chi connectivity index (χ4v) is 3.56. The molecule has 0 radical (unpaired) electrons. The normalized spacial score (nSPS) is 21.9. The van der Waals surface area contributed by atoms with E-state index in [1.807, 2.05) is 13.8 Å². The number of hydrogen-bond donors (Lipinski definition) is 1. The van der Waals surface area contributed by atoms with Gasteiger partial charge in [0.1, 0.15) is 0 Å². The highest BCUT2D eigenvalue weighted by atomic mass is 32.2. The van der Waals surface area contributed by atoms with Gasteiger partial charge in [-0.2, -0.15) is 4.31 Å². The van der Waals surface area contributed by atoms with Crippen molar-refractivity contribution < 1.29 is 8.42 Å². The summed E-state index contributed by atoms with van der Waals surface area (Å²) < 4.78 is 25.6. The Bertz CT molecular complexity index is 319. The molecular weight excluding hydrogens is 224 g/mol. The Hall–Kier alpha value is -0.390. The minimum Gasteiger partial charge on any atom is -0.313 e. The van der Waals surface area contributed by atoms with Gasteiger partial charge in [0.25, 0.3) is 0 Å². The molecule has 0 amide bonds.